The number of amides is 2. The number of piperidine rings is 1. The molecule has 0 spiro atoms. The van der Waals surface area contributed by atoms with Crippen LogP contribution in [0.4, 0.5) is 4.79 Å². The number of carbonyl (C=O) groups excluding carboxylic acids is 1. The van der Waals surface area contributed by atoms with E-state index >= 15 is 0 Å². The van der Waals surface area contributed by atoms with Gasteiger partial charge in [-0.15, -0.1) is 11.8 Å². The molecular formula is C14H23N3OS. The zero-order valence-corrected chi connectivity index (χ0v) is 12.5. The minimum atomic E-state index is -0.276. The molecule has 0 aromatic heterocycles. The van der Waals surface area contributed by atoms with Gasteiger partial charge in [0.25, 0.3) is 0 Å². The van der Waals surface area contributed by atoms with Crippen LogP contribution in [0.15, 0.2) is 0 Å². The molecule has 2 rings (SSSR count). The van der Waals surface area contributed by atoms with Crippen molar-refractivity contribution in [3.63, 3.8) is 0 Å². The van der Waals surface area contributed by atoms with Crippen molar-refractivity contribution in [3.8, 4) is 6.07 Å². The first kappa shape index (κ1) is 14.5. The largest absolute Gasteiger partial charge is 0.335 e. The number of hydrogen-bond acceptors (Lipinski definition) is 3. The number of carbonyl (C=O) groups is 1. The number of nitriles is 1. The third-order valence-corrected chi connectivity index (χ3v) is 5.67. The van der Waals surface area contributed by atoms with Gasteiger partial charge in [-0.25, -0.2) is 4.79 Å². The van der Waals surface area contributed by atoms with E-state index < -0.39 is 0 Å². The lowest BCUT2D eigenvalue weighted by molar-refractivity contribution is 0.176. The van der Waals surface area contributed by atoms with E-state index in [9.17, 15) is 10.1 Å². The number of nitrogens with one attached hydrogen (secondary N) is 1. The third kappa shape index (κ3) is 3.56. The van der Waals surface area contributed by atoms with Crippen molar-refractivity contribution in [2.45, 2.75) is 55.7 Å². The van der Waals surface area contributed by atoms with Crippen molar-refractivity contribution >= 4 is 17.8 Å². The van der Waals surface area contributed by atoms with Crippen LogP contribution in [0.3, 0.4) is 0 Å². The number of nitrogens with zero attached hydrogens (tertiary/aromatic N) is 2. The standard InChI is InChI=1S/C14H23N3OS/c1-19-14(11-15)7-9-17(10-8-14)13(18)16-12-5-3-2-4-6-12/h12H,2-10H2,1H3,(H,16,18). The maximum atomic E-state index is 12.2. The lowest BCUT2D eigenvalue weighted by atomic mass is 9.95. The summed E-state index contributed by atoms with van der Waals surface area (Å²) in [6.45, 7) is 1.40. The molecule has 2 amide bonds. The molecule has 4 nitrogen and oxygen atoms in total. The van der Waals surface area contributed by atoms with Gasteiger partial charge in [-0.05, 0) is 31.9 Å². The Morgan fingerprint density at radius 1 is 1.32 bits per heavy atom. The lowest BCUT2D eigenvalue weighted by Crippen LogP contribution is -2.50. The van der Waals surface area contributed by atoms with Gasteiger partial charge in [0.05, 0.1) is 6.07 Å². The van der Waals surface area contributed by atoms with Crippen LogP contribution in [0.25, 0.3) is 0 Å². The minimum absolute atomic E-state index is 0.0690. The maximum Gasteiger partial charge on any atom is 0.317 e. The Bertz CT molecular complexity index is 352. The molecule has 0 atom stereocenters. The van der Waals surface area contributed by atoms with E-state index in [2.05, 4.69) is 11.4 Å². The molecule has 0 radical (unpaired) electrons. The summed E-state index contributed by atoms with van der Waals surface area (Å²) in [7, 11) is 0. The monoisotopic (exact) mass is 281 g/mol. The second-order valence-corrected chi connectivity index (χ2v) is 6.77. The Morgan fingerprint density at radius 3 is 2.47 bits per heavy atom. The SMILES string of the molecule is CSC1(C#N)CCN(C(=O)NC2CCCCC2)CC1. The van der Waals surface area contributed by atoms with Gasteiger partial charge in [0.1, 0.15) is 4.75 Å². The van der Waals surface area contributed by atoms with Gasteiger partial charge in [0.15, 0.2) is 0 Å². The van der Waals surface area contributed by atoms with E-state index in [4.69, 9.17) is 0 Å². The average molecular weight is 281 g/mol. The summed E-state index contributed by atoms with van der Waals surface area (Å²) < 4.78 is -0.276. The highest BCUT2D eigenvalue weighted by Gasteiger charge is 2.35. The predicted molar refractivity (Wildman–Crippen MR) is 78.1 cm³/mol. The fourth-order valence-corrected chi connectivity index (χ4v) is 3.63. The van der Waals surface area contributed by atoms with Crippen molar-refractivity contribution in [2.75, 3.05) is 19.3 Å². The molecule has 0 aromatic rings. The van der Waals surface area contributed by atoms with Crippen molar-refractivity contribution in [3.05, 3.63) is 0 Å². The number of hydrogen-bond donors (Lipinski definition) is 1. The number of thioether (sulfide) groups is 1. The van der Waals surface area contributed by atoms with Crippen molar-refractivity contribution in [1.82, 2.24) is 10.2 Å². The highest BCUT2D eigenvalue weighted by atomic mass is 32.2. The third-order valence-electron chi connectivity index (χ3n) is 4.39. The summed E-state index contributed by atoms with van der Waals surface area (Å²) in [6, 6.07) is 2.85. The Hall–Kier alpha value is -0.890. The first-order valence-electron chi connectivity index (χ1n) is 7.21. The molecule has 0 bridgehead atoms. The average Bonchev–Trinajstić information content (AvgIpc) is 2.48. The predicted octanol–water partition coefficient (Wildman–Crippen LogP) is 2.75. The summed E-state index contributed by atoms with van der Waals surface area (Å²) >= 11 is 1.62. The van der Waals surface area contributed by atoms with Crippen LogP contribution in [-0.4, -0.2) is 41.1 Å². The smallest absolute Gasteiger partial charge is 0.317 e. The first-order valence-corrected chi connectivity index (χ1v) is 8.43. The molecule has 1 saturated heterocycles. The quantitative estimate of drug-likeness (QED) is 0.846. The van der Waals surface area contributed by atoms with Crippen LogP contribution in [-0.2, 0) is 0 Å². The second-order valence-electron chi connectivity index (χ2n) is 5.58. The number of rotatable bonds is 2. The molecule has 2 aliphatic rings. The molecular weight excluding hydrogens is 258 g/mol. The Balaban J connectivity index is 1.80. The number of urea groups is 1. The summed E-state index contributed by atoms with van der Waals surface area (Å²) in [6.07, 6.45) is 9.55. The van der Waals surface area contributed by atoms with Gasteiger partial charge in [-0.3, -0.25) is 0 Å². The fraction of sp³-hybridized carbons (Fsp3) is 0.857. The topological polar surface area (TPSA) is 56.1 Å². The van der Waals surface area contributed by atoms with E-state index in [0.717, 1.165) is 25.7 Å². The van der Waals surface area contributed by atoms with Crippen LogP contribution < -0.4 is 5.32 Å². The molecule has 106 valence electrons. The maximum absolute atomic E-state index is 12.2. The Kier molecular flexibility index (Phi) is 4.98. The molecule has 1 aliphatic carbocycles. The Labute approximate surface area is 119 Å². The lowest BCUT2D eigenvalue weighted by Gasteiger charge is -2.37. The van der Waals surface area contributed by atoms with Gasteiger partial charge >= 0.3 is 6.03 Å². The van der Waals surface area contributed by atoms with E-state index in [1.54, 1.807) is 11.8 Å². The van der Waals surface area contributed by atoms with Gasteiger partial charge in [-0.2, -0.15) is 5.26 Å². The van der Waals surface area contributed by atoms with Crippen molar-refractivity contribution < 1.29 is 4.79 Å². The summed E-state index contributed by atoms with van der Waals surface area (Å²) in [4.78, 5) is 14.1. The highest BCUT2D eigenvalue weighted by molar-refractivity contribution is 8.00. The second kappa shape index (κ2) is 6.51. The van der Waals surface area contributed by atoms with Crippen LogP contribution >= 0.6 is 11.8 Å². The zero-order chi connectivity index (χ0) is 13.7. The van der Waals surface area contributed by atoms with Crippen molar-refractivity contribution in [2.24, 2.45) is 0 Å². The molecule has 1 saturated carbocycles. The van der Waals surface area contributed by atoms with Crippen LogP contribution in [0.1, 0.15) is 44.9 Å². The highest BCUT2D eigenvalue weighted by Crippen LogP contribution is 2.33. The zero-order valence-electron chi connectivity index (χ0n) is 11.7. The fourth-order valence-electron chi connectivity index (χ4n) is 2.95. The van der Waals surface area contributed by atoms with E-state index in [1.165, 1.54) is 19.3 Å². The molecule has 0 unspecified atom stereocenters. The normalized spacial score (nSPS) is 23.7. The molecule has 2 fully saturated rings. The van der Waals surface area contributed by atoms with E-state index in [-0.39, 0.29) is 10.8 Å². The van der Waals surface area contributed by atoms with Crippen LogP contribution in [0.2, 0.25) is 0 Å². The summed E-state index contributed by atoms with van der Waals surface area (Å²) in [5, 5.41) is 12.4. The number of likely N-dealkylation sites (tertiary alicyclic amines) is 1. The molecule has 1 N–H and O–H groups in total. The summed E-state index contributed by atoms with van der Waals surface area (Å²) in [5.74, 6) is 0. The van der Waals surface area contributed by atoms with Gasteiger partial charge in [0.2, 0.25) is 0 Å². The van der Waals surface area contributed by atoms with Crippen molar-refractivity contribution in [1.29, 1.82) is 5.26 Å². The van der Waals surface area contributed by atoms with E-state index in [1.807, 2.05) is 11.2 Å². The molecule has 1 aliphatic heterocycles. The summed E-state index contributed by atoms with van der Waals surface area (Å²) in [5.41, 5.74) is 0. The molecule has 0 aromatic carbocycles. The first-order chi connectivity index (χ1) is 9.19. The molecule has 19 heavy (non-hydrogen) atoms. The van der Waals surface area contributed by atoms with Crippen LogP contribution in [0, 0.1) is 11.3 Å². The van der Waals surface area contributed by atoms with E-state index in [0.29, 0.717) is 19.1 Å². The van der Waals surface area contributed by atoms with Gasteiger partial charge in [-0.1, -0.05) is 19.3 Å². The minimum Gasteiger partial charge on any atom is -0.335 e. The van der Waals surface area contributed by atoms with Crippen LogP contribution in [0.5, 0.6) is 0 Å². The molecule has 5 heteroatoms. The van der Waals surface area contributed by atoms with Gasteiger partial charge in [0, 0.05) is 19.1 Å². The van der Waals surface area contributed by atoms with Gasteiger partial charge < -0.3 is 10.2 Å². The molecule has 1 heterocycles. The Morgan fingerprint density at radius 2 is 1.95 bits per heavy atom.